The van der Waals surface area contributed by atoms with Crippen molar-refractivity contribution in [2.75, 3.05) is 6.61 Å². The second kappa shape index (κ2) is 8.86. The number of nitriles is 1. The summed E-state index contributed by atoms with van der Waals surface area (Å²) in [4.78, 5) is 12.4. The first-order valence-corrected chi connectivity index (χ1v) is 9.33. The molecule has 0 fully saturated rings. The normalized spacial score (nSPS) is 14.9. The van der Waals surface area contributed by atoms with E-state index in [0.29, 0.717) is 5.56 Å². The molecule has 168 valence electrons. The van der Waals surface area contributed by atoms with E-state index in [1.54, 1.807) is 0 Å². The number of carbonyl (C=O) groups is 1. The molecular weight excluding hydrogens is 458 g/mol. The quantitative estimate of drug-likeness (QED) is 0.495. The van der Waals surface area contributed by atoms with Gasteiger partial charge in [-0.25, -0.2) is 4.39 Å². The Morgan fingerprint density at radius 1 is 1.38 bits per heavy atom. The van der Waals surface area contributed by atoms with Crippen molar-refractivity contribution in [3.8, 4) is 17.6 Å². The zero-order valence-electron chi connectivity index (χ0n) is 16.3. The maximum absolute atomic E-state index is 14.4. The number of carbonyl (C=O) groups excluding carboxylic acids is 1. The van der Waals surface area contributed by atoms with Gasteiger partial charge >= 0.3 is 13.5 Å². The van der Waals surface area contributed by atoms with Gasteiger partial charge in [0.25, 0.3) is 5.91 Å². The van der Waals surface area contributed by atoms with Crippen molar-refractivity contribution in [1.82, 2.24) is 5.32 Å². The molecule has 13 heteroatoms. The van der Waals surface area contributed by atoms with E-state index >= 15 is 0 Å². The molecule has 0 saturated heterocycles. The fourth-order valence-corrected chi connectivity index (χ4v) is 3.24. The van der Waals surface area contributed by atoms with Crippen molar-refractivity contribution in [3.63, 3.8) is 0 Å². The van der Waals surface area contributed by atoms with E-state index in [9.17, 15) is 32.6 Å². The van der Waals surface area contributed by atoms with E-state index < -0.39 is 48.8 Å². The van der Waals surface area contributed by atoms with Crippen LogP contribution in [0.15, 0.2) is 30.3 Å². The molecule has 1 aliphatic rings. The number of fused-ring (bicyclic) bond motifs is 1. The summed E-state index contributed by atoms with van der Waals surface area (Å²) in [5, 5.41) is 21.4. The zero-order valence-corrected chi connectivity index (χ0v) is 17.1. The second-order valence-electron chi connectivity index (χ2n) is 7.00. The molecule has 2 N–H and O–H groups in total. The molecule has 0 aliphatic carbocycles. The standard InChI is InChI=1S/C19H14BClF4N2O5/c1-18(8-26,27-17(28)10-2-4-12(5-3-10)32-19(23,24)25)9-30-16-13(22)6-11-7-31-20(29)14(11)15(16)21/h2-6,29H,7,9H2,1H3,(H,27,28). The van der Waals surface area contributed by atoms with Gasteiger partial charge in [0.15, 0.2) is 17.1 Å². The van der Waals surface area contributed by atoms with Crippen LogP contribution in [-0.4, -0.2) is 36.6 Å². The van der Waals surface area contributed by atoms with Crippen LogP contribution >= 0.6 is 11.6 Å². The van der Waals surface area contributed by atoms with Gasteiger partial charge in [0.2, 0.25) is 0 Å². The van der Waals surface area contributed by atoms with Crippen LogP contribution in [0.4, 0.5) is 17.6 Å². The molecule has 2 aromatic carbocycles. The van der Waals surface area contributed by atoms with E-state index in [2.05, 4.69) is 10.1 Å². The van der Waals surface area contributed by atoms with Gasteiger partial charge in [-0.3, -0.25) is 4.79 Å². The third-order valence-corrected chi connectivity index (χ3v) is 4.81. The smallest absolute Gasteiger partial charge is 0.485 e. The van der Waals surface area contributed by atoms with Gasteiger partial charge in [-0.15, -0.1) is 13.2 Å². The molecule has 0 radical (unpaired) electrons. The lowest BCUT2D eigenvalue weighted by Crippen LogP contribution is -2.49. The number of halogens is 5. The van der Waals surface area contributed by atoms with Crippen LogP contribution in [-0.2, 0) is 11.3 Å². The summed E-state index contributed by atoms with van der Waals surface area (Å²) in [6.45, 7) is 0.728. The molecule has 2 aromatic rings. The van der Waals surface area contributed by atoms with E-state index in [4.69, 9.17) is 21.0 Å². The van der Waals surface area contributed by atoms with E-state index in [1.807, 2.05) is 6.07 Å². The van der Waals surface area contributed by atoms with Crippen LogP contribution in [0, 0.1) is 17.1 Å². The maximum Gasteiger partial charge on any atom is 0.573 e. The third-order valence-electron chi connectivity index (χ3n) is 4.43. The number of alkyl halides is 3. The van der Waals surface area contributed by atoms with Gasteiger partial charge in [-0.05, 0) is 42.8 Å². The number of hydrogen-bond donors (Lipinski definition) is 2. The Bertz CT molecular complexity index is 1080. The van der Waals surface area contributed by atoms with Gasteiger partial charge in [0.1, 0.15) is 12.4 Å². The van der Waals surface area contributed by atoms with Crippen molar-refractivity contribution in [2.45, 2.75) is 25.4 Å². The number of nitrogens with zero attached hydrogens (tertiary/aromatic N) is 1. The topological polar surface area (TPSA) is 101 Å². The van der Waals surface area contributed by atoms with Gasteiger partial charge in [-0.2, -0.15) is 5.26 Å². The van der Waals surface area contributed by atoms with Crippen molar-refractivity contribution >= 4 is 30.1 Å². The SMILES string of the molecule is CC(C#N)(COc1c(F)cc2c(c1Cl)B(O)OC2)NC(=O)c1ccc(OC(F)(F)F)cc1. The fourth-order valence-electron chi connectivity index (χ4n) is 2.88. The molecule has 3 rings (SSSR count). The number of amides is 1. The van der Waals surface area contributed by atoms with Crippen LogP contribution in [0.3, 0.4) is 0 Å². The van der Waals surface area contributed by atoms with E-state index in [-0.39, 0.29) is 22.7 Å². The minimum Gasteiger partial charge on any atom is -0.485 e. The highest BCUT2D eigenvalue weighted by atomic mass is 35.5. The predicted molar refractivity (Wildman–Crippen MR) is 104 cm³/mol. The fraction of sp³-hybridized carbons (Fsp3) is 0.263. The van der Waals surface area contributed by atoms with Crippen LogP contribution < -0.4 is 20.3 Å². The zero-order chi connectivity index (χ0) is 23.7. The minimum absolute atomic E-state index is 0.0355. The summed E-state index contributed by atoms with van der Waals surface area (Å²) in [5.74, 6) is -2.59. The molecule has 0 aromatic heterocycles. The average Bonchev–Trinajstić information content (AvgIpc) is 3.07. The van der Waals surface area contributed by atoms with Crippen molar-refractivity contribution in [3.05, 3.63) is 52.3 Å². The highest BCUT2D eigenvalue weighted by molar-refractivity contribution is 6.65. The largest absolute Gasteiger partial charge is 0.573 e. The molecule has 1 amide bonds. The van der Waals surface area contributed by atoms with Gasteiger partial charge in [0.05, 0.1) is 17.7 Å². The number of rotatable bonds is 6. The highest BCUT2D eigenvalue weighted by Crippen LogP contribution is 2.31. The molecule has 1 unspecified atom stereocenters. The number of hydrogen-bond acceptors (Lipinski definition) is 6. The number of benzene rings is 2. The molecule has 7 nitrogen and oxygen atoms in total. The lowest BCUT2D eigenvalue weighted by molar-refractivity contribution is -0.274. The second-order valence-corrected chi connectivity index (χ2v) is 7.37. The molecule has 0 saturated carbocycles. The molecule has 0 spiro atoms. The maximum atomic E-state index is 14.4. The summed E-state index contributed by atoms with van der Waals surface area (Å²) in [7, 11) is -1.35. The highest BCUT2D eigenvalue weighted by Gasteiger charge is 2.35. The number of nitrogens with one attached hydrogen (secondary N) is 1. The van der Waals surface area contributed by atoms with Gasteiger partial charge < -0.3 is 24.5 Å². The monoisotopic (exact) mass is 472 g/mol. The Morgan fingerprint density at radius 3 is 2.62 bits per heavy atom. The first kappa shape index (κ1) is 23.7. The van der Waals surface area contributed by atoms with Crippen LogP contribution in [0.25, 0.3) is 0 Å². The molecule has 1 atom stereocenters. The molecule has 32 heavy (non-hydrogen) atoms. The Morgan fingerprint density at radius 2 is 2.03 bits per heavy atom. The lowest BCUT2D eigenvalue weighted by Gasteiger charge is -2.24. The number of ether oxygens (including phenoxy) is 2. The Kier molecular flexibility index (Phi) is 6.55. The van der Waals surface area contributed by atoms with Crippen LogP contribution in [0.5, 0.6) is 11.5 Å². The first-order chi connectivity index (χ1) is 14.9. The molecule has 1 heterocycles. The summed E-state index contributed by atoms with van der Waals surface area (Å²) in [6, 6.07) is 6.94. The Hall–Kier alpha value is -3.01. The van der Waals surface area contributed by atoms with E-state index in [1.165, 1.54) is 6.92 Å². The minimum atomic E-state index is -4.88. The molecule has 1 aliphatic heterocycles. The van der Waals surface area contributed by atoms with E-state index in [0.717, 1.165) is 30.3 Å². The van der Waals surface area contributed by atoms with Gasteiger partial charge in [-0.1, -0.05) is 11.6 Å². The predicted octanol–water partition coefficient (Wildman–Crippen LogP) is 2.69. The summed E-state index contributed by atoms with van der Waals surface area (Å²) < 4.78 is 65.2. The molecule has 0 bridgehead atoms. The van der Waals surface area contributed by atoms with Crippen LogP contribution in [0.2, 0.25) is 5.02 Å². The Balaban J connectivity index is 1.71. The summed E-state index contributed by atoms with van der Waals surface area (Å²) in [5.41, 5.74) is -1.22. The Labute approximate surface area is 184 Å². The lowest BCUT2D eigenvalue weighted by atomic mass is 9.79. The van der Waals surface area contributed by atoms with Gasteiger partial charge in [0, 0.05) is 11.0 Å². The third kappa shape index (κ3) is 5.24. The summed E-state index contributed by atoms with van der Waals surface area (Å²) >= 11 is 6.12. The van der Waals surface area contributed by atoms with Crippen molar-refractivity contribution in [2.24, 2.45) is 0 Å². The molecular formula is C19H14BClF4N2O5. The summed E-state index contributed by atoms with van der Waals surface area (Å²) in [6.07, 6.45) is -4.88. The average molecular weight is 473 g/mol. The first-order valence-electron chi connectivity index (χ1n) is 8.95. The van der Waals surface area contributed by atoms with Crippen molar-refractivity contribution in [1.29, 1.82) is 5.26 Å². The van der Waals surface area contributed by atoms with Crippen molar-refractivity contribution < 1.29 is 41.5 Å². The van der Waals surface area contributed by atoms with Crippen LogP contribution in [0.1, 0.15) is 22.8 Å².